The molecule has 3 heteroatoms. The second kappa shape index (κ2) is 14.6. The van der Waals surface area contributed by atoms with Gasteiger partial charge in [0.05, 0.1) is 0 Å². The molecule has 0 atom stereocenters. The number of allylic oxidation sites excluding steroid dienone is 8. The molecule has 0 spiro atoms. The maximum atomic E-state index is 7.33. The molecule has 1 heterocycles. The minimum Gasteiger partial charge on any atom is -0.398 e. The Hall–Kier alpha value is -4.73. The lowest BCUT2D eigenvalue weighted by atomic mass is 9.62. The summed E-state index contributed by atoms with van der Waals surface area (Å²) in [6, 6.07) is 25.5. The van der Waals surface area contributed by atoms with Crippen molar-refractivity contribution in [3.63, 3.8) is 0 Å². The van der Waals surface area contributed by atoms with Crippen molar-refractivity contribution in [1.82, 2.24) is 5.32 Å². The Kier molecular flexibility index (Phi) is 9.98. The molecule has 3 N–H and O–H groups in total. The summed E-state index contributed by atoms with van der Waals surface area (Å²) in [5.74, 6) is 0. The highest BCUT2D eigenvalue weighted by Crippen LogP contribution is 2.54. The van der Waals surface area contributed by atoms with Crippen LogP contribution in [-0.2, 0) is 23.7 Å². The van der Waals surface area contributed by atoms with Gasteiger partial charge in [0.25, 0.3) is 0 Å². The summed E-state index contributed by atoms with van der Waals surface area (Å²) in [6.45, 7) is 16.8. The molecule has 0 radical (unpaired) electrons. The van der Waals surface area contributed by atoms with E-state index in [0.717, 1.165) is 60.2 Å². The summed E-state index contributed by atoms with van der Waals surface area (Å²) in [4.78, 5) is 0.889. The molecule has 56 heavy (non-hydrogen) atoms. The molecule has 4 aromatic carbocycles. The molecular weight excluding hydrogens is 697 g/mol. The second-order valence-electron chi connectivity index (χ2n) is 18.1. The third kappa shape index (κ3) is 6.76. The Labute approximate surface area is 341 Å². The average Bonchev–Trinajstić information content (AvgIpc) is 3.19. The van der Waals surface area contributed by atoms with Crippen LogP contribution in [0.1, 0.15) is 114 Å². The minimum absolute atomic E-state index is 0.0649. The van der Waals surface area contributed by atoms with Crippen molar-refractivity contribution in [3.8, 4) is 33.4 Å². The van der Waals surface area contributed by atoms with Crippen LogP contribution in [0.15, 0.2) is 126 Å². The van der Waals surface area contributed by atoms with Crippen LogP contribution in [0.4, 0.5) is 5.69 Å². The molecule has 0 unspecified atom stereocenters. The predicted molar refractivity (Wildman–Crippen MR) is 246 cm³/mol. The van der Waals surface area contributed by atoms with Crippen molar-refractivity contribution in [1.29, 1.82) is 0 Å². The highest BCUT2D eigenvalue weighted by Gasteiger charge is 2.39. The van der Waals surface area contributed by atoms with Crippen LogP contribution in [0.25, 0.3) is 45.0 Å². The van der Waals surface area contributed by atoms with Crippen LogP contribution in [-0.4, -0.2) is 0 Å². The number of thiol groups is 1. The van der Waals surface area contributed by atoms with E-state index in [2.05, 4.69) is 163 Å². The quantitative estimate of drug-likeness (QED) is 0.140. The predicted octanol–water partition coefficient (Wildman–Crippen LogP) is 14.1. The highest BCUT2D eigenvalue weighted by atomic mass is 32.1. The lowest BCUT2D eigenvalue weighted by Gasteiger charge is -2.42. The molecule has 4 aliphatic rings. The molecule has 0 aromatic heterocycles. The van der Waals surface area contributed by atoms with Crippen LogP contribution in [0.5, 0.6) is 0 Å². The van der Waals surface area contributed by atoms with E-state index in [4.69, 9.17) is 18.4 Å². The van der Waals surface area contributed by atoms with Crippen molar-refractivity contribution in [3.05, 3.63) is 159 Å². The fraction of sp³-hybridized carbons (Fsp3) is 0.321. The molecule has 4 aromatic rings. The smallest absolute Gasteiger partial charge is 0.0400 e. The largest absolute Gasteiger partial charge is 0.398 e. The summed E-state index contributed by atoms with van der Waals surface area (Å²) in [6.07, 6.45) is 25.3. The number of nitrogens with two attached hydrogens (primary N) is 1. The van der Waals surface area contributed by atoms with Crippen molar-refractivity contribution in [2.45, 2.75) is 104 Å². The van der Waals surface area contributed by atoms with E-state index in [-0.39, 0.29) is 16.2 Å². The number of hydrogen-bond donors (Lipinski definition) is 3. The number of aryl methyl sites for hydroxylation is 2. The van der Waals surface area contributed by atoms with Gasteiger partial charge >= 0.3 is 0 Å². The van der Waals surface area contributed by atoms with Gasteiger partial charge in [-0.15, -0.1) is 12.6 Å². The Morgan fingerprint density at radius 3 is 2.23 bits per heavy atom. The maximum Gasteiger partial charge on any atom is 0.0400 e. The van der Waals surface area contributed by atoms with Gasteiger partial charge in [0.1, 0.15) is 0 Å². The van der Waals surface area contributed by atoms with Gasteiger partial charge < -0.3 is 11.1 Å². The first-order valence-electron chi connectivity index (χ1n) is 20.7. The summed E-state index contributed by atoms with van der Waals surface area (Å²) in [5.41, 5.74) is 27.4. The monoisotopic (exact) mass is 754 g/mol. The number of fused-ring (bicyclic) bond motifs is 2. The van der Waals surface area contributed by atoms with Crippen molar-refractivity contribution in [2.24, 2.45) is 5.41 Å². The zero-order valence-electron chi connectivity index (χ0n) is 34.4. The summed E-state index contributed by atoms with van der Waals surface area (Å²) >= 11 is 4.83. The van der Waals surface area contributed by atoms with Crippen molar-refractivity contribution < 1.29 is 0 Å². The van der Waals surface area contributed by atoms with Gasteiger partial charge in [-0.1, -0.05) is 140 Å². The second-order valence-corrected chi connectivity index (χ2v) is 18.7. The van der Waals surface area contributed by atoms with Gasteiger partial charge in [-0.3, -0.25) is 0 Å². The molecule has 286 valence electrons. The first kappa shape index (κ1) is 38.2. The lowest BCUT2D eigenvalue weighted by Crippen LogP contribution is -2.33. The molecule has 0 fully saturated rings. The topological polar surface area (TPSA) is 38.0 Å². The number of nitrogen functional groups attached to an aromatic ring is 1. The standard InChI is InChI=1S/C53H58N2S/c1-8-34-16-9-11-19-39(34)36-24-26-41(47(54)32-36)50-40-20-12-10-17-35(40)30-42(49(50)37-25-27-44-46(31-37)52(4,5)29-28-51(44,2)3)43-22-15-18-38(56)33-55-48-23-14-13-21-45(48)53(43,6)7/h9,11-12,14-16,18-20,22-27,30-33,55-56H,8,10,13,17,21,28-29,54H2,1-7H3/b18-15-,38-33-,43-22+. The lowest BCUT2D eigenvalue weighted by molar-refractivity contribution is 0.332. The first-order valence-corrected chi connectivity index (χ1v) is 21.2. The van der Waals surface area contributed by atoms with Crippen LogP contribution in [0.3, 0.4) is 0 Å². The molecule has 0 amide bonds. The van der Waals surface area contributed by atoms with Gasteiger partial charge in [-0.2, -0.15) is 0 Å². The molecule has 8 rings (SSSR count). The zero-order valence-corrected chi connectivity index (χ0v) is 35.3. The summed E-state index contributed by atoms with van der Waals surface area (Å²) in [5, 5.41) is 3.64. The molecule has 0 saturated heterocycles. The third-order valence-corrected chi connectivity index (χ3v) is 13.6. The van der Waals surface area contributed by atoms with Gasteiger partial charge in [-0.05, 0) is 146 Å². The SMILES string of the molecule is CCc1ccccc1-c1ccc(-c2c3c(cc(\C4=C/C=C\C(S)=C\NC5=C(CCC=C5)C4(C)C)c2-c2ccc4c(c2)C(C)(C)CCC4(C)C)CCC=C3)c(N)c1. The highest BCUT2D eigenvalue weighted by molar-refractivity contribution is 7.84. The Balaban J connectivity index is 1.48. The van der Waals surface area contributed by atoms with E-state index in [1.807, 2.05) is 6.20 Å². The van der Waals surface area contributed by atoms with Crippen LogP contribution in [0, 0.1) is 5.41 Å². The molecule has 0 bridgehead atoms. The van der Waals surface area contributed by atoms with E-state index in [9.17, 15) is 0 Å². The maximum absolute atomic E-state index is 7.33. The number of anilines is 1. The zero-order chi connectivity index (χ0) is 39.4. The minimum atomic E-state index is -0.293. The van der Waals surface area contributed by atoms with Gasteiger partial charge in [0.15, 0.2) is 0 Å². The number of benzene rings is 4. The molecule has 2 nitrogen and oxygen atoms in total. The van der Waals surface area contributed by atoms with Gasteiger partial charge in [0, 0.05) is 33.5 Å². The Bertz CT molecular complexity index is 2420. The Morgan fingerprint density at radius 2 is 1.45 bits per heavy atom. The van der Waals surface area contributed by atoms with E-state index >= 15 is 0 Å². The number of hydrogen-bond acceptors (Lipinski definition) is 3. The van der Waals surface area contributed by atoms with Crippen LogP contribution < -0.4 is 11.1 Å². The van der Waals surface area contributed by atoms with E-state index < -0.39 is 0 Å². The molecule has 3 aliphatic carbocycles. The van der Waals surface area contributed by atoms with Gasteiger partial charge in [-0.25, -0.2) is 0 Å². The Morgan fingerprint density at radius 1 is 0.714 bits per heavy atom. The van der Waals surface area contributed by atoms with Crippen molar-refractivity contribution >= 4 is 30.0 Å². The van der Waals surface area contributed by atoms with Crippen LogP contribution in [0.2, 0.25) is 0 Å². The molecule has 1 aliphatic heterocycles. The fourth-order valence-corrected chi connectivity index (χ4v) is 10.0. The number of nitrogens with one attached hydrogen (secondary N) is 1. The van der Waals surface area contributed by atoms with E-state index in [1.165, 1.54) is 78.9 Å². The van der Waals surface area contributed by atoms with Crippen LogP contribution >= 0.6 is 12.6 Å². The van der Waals surface area contributed by atoms with E-state index in [0.29, 0.717) is 0 Å². The fourth-order valence-electron chi connectivity index (χ4n) is 9.88. The third-order valence-electron chi connectivity index (χ3n) is 13.3. The summed E-state index contributed by atoms with van der Waals surface area (Å²) in [7, 11) is 0. The van der Waals surface area contributed by atoms with Gasteiger partial charge in [0.2, 0.25) is 0 Å². The molecular formula is C53H58N2S. The summed E-state index contributed by atoms with van der Waals surface area (Å²) < 4.78 is 0. The average molecular weight is 755 g/mol. The van der Waals surface area contributed by atoms with E-state index in [1.54, 1.807) is 0 Å². The molecule has 0 saturated carbocycles. The number of rotatable bonds is 5. The normalized spacial score (nSPS) is 21.7. The van der Waals surface area contributed by atoms with Crippen molar-refractivity contribution in [2.75, 3.05) is 5.73 Å². The first-order chi connectivity index (χ1) is 26.8.